The molecular weight excluding hydrogens is 208 g/mol. The first kappa shape index (κ1) is 6.83. The van der Waals surface area contributed by atoms with Crippen LogP contribution in [0.2, 0.25) is 0 Å². The molecule has 0 atom stereocenters. The van der Waals surface area contributed by atoms with Gasteiger partial charge in [-0.1, -0.05) is 6.92 Å². The summed E-state index contributed by atoms with van der Waals surface area (Å²) in [7, 11) is 0. The van der Waals surface area contributed by atoms with Crippen molar-refractivity contribution >= 4 is 28.1 Å². The first-order valence-electron chi connectivity index (χ1n) is 1.89. The molecule has 0 fully saturated rings. The Morgan fingerprint density at radius 2 is 2.50 bits per heavy atom. The SMILES string of the molecule is CCCN=PI. The van der Waals surface area contributed by atoms with Crippen LogP contribution in [0.15, 0.2) is 4.74 Å². The summed E-state index contributed by atoms with van der Waals surface area (Å²) in [6.07, 6.45) is 1.18. The second kappa shape index (κ2) is 5.83. The summed E-state index contributed by atoms with van der Waals surface area (Å²) in [5.41, 5.74) is 0. The molecule has 0 rings (SSSR count). The van der Waals surface area contributed by atoms with E-state index in [1.807, 2.05) is 0 Å². The lowest BCUT2D eigenvalue weighted by molar-refractivity contribution is 0.946. The molecular formula is C3H7INP. The van der Waals surface area contributed by atoms with E-state index in [9.17, 15) is 0 Å². The van der Waals surface area contributed by atoms with Crippen molar-refractivity contribution in [2.24, 2.45) is 4.74 Å². The van der Waals surface area contributed by atoms with Crippen LogP contribution in [0.3, 0.4) is 0 Å². The van der Waals surface area contributed by atoms with E-state index in [1.54, 1.807) is 0 Å². The van der Waals surface area contributed by atoms with Crippen molar-refractivity contribution in [3.8, 4) is 0 Å². The average Bonchev–Trinajstić information content (AvgIpc) is 1.61. The molecule has 3 heteroatoms. The molecule has 0 heterocycles. The summed E-state index contributed by atoms with van der Waals surface area (Å²) in [5.74, 6) is 0. The molecule has 0 N–H and O–H groups in total. The molecule has 0 aliphatic rings. The van der Waals surface area contributed by atoms with Crippen molar-refractivity contribution in [2.45, 2.75) is 13.3 Å². The quantitative estimate of drug-likeness (QED) is 0.496. The maximum atomic E-state index is 4.05. The highest BCUT2D eigenvalue weighted by Gasteiger charge is 1.66. The molecule has 0 saturated heterocycles. The van der Waals surface area contributed by atoms with Gasteiger partial charge in [0.05, 0.1) is 6.02 Å². The Labute approximate surface area is 52.9 Å². The Hall–Kier alpha value is 0.830. The smallest absolute Gasteiger partial charge is 0.0766 e. The predicted octanol–water partition coefficient (Wildman–Crippen LogP) is 2.88. The standard InChI is InChI=1S/C3H7INP/c1-2-3-5-6-4/h2-3H2,1H3. The Kier molecular flexibility index (Phi) is 6.64. The lowest BCUT2D eigenvalue weighted by Crippen LogP contribution is -1.64. The van der Waals surface area contributed by atoms with Gasteiger partial charge in [0.25, 0.3) is 0 Å². The average molecular weight is 215 g/mol. The van der Waals surface area contributed by atoms with Gasteiger partial charge in [-0.15, -0.1) is 0 Å². The molecule has 0 bridgehead atoms. The molecule has 0 radical (unpaired) electrons. The van der Waals surface area contributed by atoms with Gasteiger partial charge < -0.3 is 0 Å². The van der Waals surface area contributed by atoms with Gasteiger partial charge in [-0.05, 0) is 6.42 Å². The van der Waals surface area contributed by atoms with Gasteiger partial charge in [0.1, 0.15) is 0 Å². The maximum Gasteiger partial charge on any atom is 0.0766 e. The molecule has 0 amide bonds. The Balaban J connectivity index is 2.66. The minimum atomic E-state index is 1.02. The zero-order valence-corrected chi connectivity index (χ0v) is 6.74. The van der Waals surface area contributed by atoms with Gasteiger partial charge >= 0.3 is 0 Å². The third-order valence-corrected chi connectivity index (χ3v) is 1.60. The first-order chi connectivity index (χ1) is 2.91. The van der Waals surface area contributed by atoms with Crippen LogP contribution in [-0.4, -0.2) is 6.54 Å². The van der Waals surface area contributed by atoms with Crippen LogP contribution < -0.4 is 0 Å². The number of halogens is 1. The van der Waals surface area contributed by atoms with Gasteiger partial charge in [-0.3, -0.25) is 4.74 Å². The van der Waals surface area contributed by atoms with Crippen LogP contribution in [0.1, 0.15) is 13.3 Å². The highest BCUT2D eigenvalue weighted by atomic mass is 127. The summed E-state index contributed by atoms with van der Waals surface area (Å²) in [5, 5.41) is 0. The van der Waals surface area contributed by atoms with Crippen molar-refractivity contribution in [1.82, 2.24) is 0 Å². The van der Waals surface area contributed by atoms with Crippen molar-refractivity contribution in [2.75, 3.05) is 6.54 Å². The van der Waals surface area contributed by atoms with Gasteiger partial charge in [0.15, 0.2) is 0 Å². The molecule has 0 unspecified atom stereocenters. The molecule has 0 aromatic rings. The maximum absolute atomic E-state index is 4.05. The summed E-state index contributed by atoms with van der Waals surface area (Å²) < 4.78 is 4.05. The minimum Gasteiger partial charge on any atom is -0.258 e. The second-order valence-electron chi connectivity index (χ2n) is 0.941. The monoisotopic (exact) mass is 215 g/mol. The zero-order valence-electron chi connectivity index (χ0n) is 3.69. The number of nitrogens with zero attached hydrogens (tertiary/aromatic N) is 1. The van der Waals surface area contributed by atoms with E-state index < -0.39 is 0 Å². The molecule has 0 spiro atoms. The molecule has 0 saturated carbocycles. The van der Waals surface area contributed by atoms with Crippen molar-refractivity contribution in [1.29, 1.82) is 0 Å². The van der Waals surface area contributed by atoms with E-state index in [0.717, 1.165) is 12.6 Å². The second-order valence-corrected chi connectivity index (χ2v) is 2.67. The van der Waals surface area contributed by atoms with Gasteiger partial charge in [0, 0.05) is 28.6 Å². The zero-order chi connectivity index (χ0) is 4.83. The Morgan fingerprint density at radius 1 is 1.83 bits per heavy atom. The van der Waals surface area contributed by atoms with E-state index >= 15 is 0 Å². The van der Waals surface area contributed by atoms with Crippen LogP contribution in [0.4, 0.5) is 0 Å². The molecule has 6 heavy (non-hydrogen) atoms. The highest BCUT2D eigenvalue weighted by molar-refractivity contribution is 14.2. The highest BCUT2D eigenvalue weighted by Crippen LogP contribution is 2.09. The Morgan fingerprint density at radius 3 is 2.67 bits per heavy atom. The summed E-state index contributed by atoms with van der Waals surface area (Å²) >= 11 is 2.22. The molecule has 36 valence electrons. The third kappa shape index (κ3) is 4.83. The first-order valence-corrected chi connectivity index (χ1v) is 5.53. The van der Waals surface area contributed by atoms with Crippen LogP contribution >= 0.6 is 28.1 Å². The van der Waals surface area contributed by atoms with E-state index in [-0.39, 0.29) is 0 Å². The fraction of sp³-hybridized carbons (Fsp3) is 1.00. The molecule has 1 nitrogen and oxygen atoms in total. The number of hydrogen-bond donors (Lipinski definition) is 0. The molecule has 0 aromatic heterocycles. The van der Waals surface area contributed by atoms with Crippen LogP contribution in [0.25, 0.3) is 0 Å². The van der Waals surface area contributed by atoms with Crippen LogP contribution in [-0.2, 0) is 0 Å². The van der Waals surface area contributed by atoms with Gasteiger partial charge in [-0.2, -0.15) is 0 Å². The van der Waals surface area contributed by atoms with Crippen LogP contribution in [0.5, 0.6) is 0 Å². The van der Waals surface area contributed by atoms with E-state index in [2.05, 4.69) is 33.7 Å². The molecule has 0 aliphatic carbocycles. The van der Waals surface area contributed by atoms with Crippen LogP contribution in [0, 0.1) is 0 Å². The number of hydrogen-bond acceptors (Lipinski definition) is 1. The minimum absolute atomic E-state index is 1.02. The summed E-state index contributed by atoms with van der Waals surface area (Å²) in [6.45, 7) is 3.15. The number of rotatable bonds is 2. The lowest BCUT2D eigenvalue weighted by atomic mass is 10.5. The molecule has 0 aliphatic heterocycles. The lowest BCUT2D eigenvalue weighted by Gasteiger charge is -1.75. The Bertz CT molecular complexity index is 46.1. The van der Waals surface area contributed by atoms with E-state index in [1.165, 1.54) is 6.42 Å². The molecule has 0 aromatic carbocycles. The van der Waals surface area contributed by atoms with Gasteiger partial charge in [0.2, 0.25) is 0 Å². The van der Waals surface area contributed by atoms with Gasteiger partial charge in [-0.25, -0.2) is 0 Å². The third-order valence-electron chi connectivity index (χ3n) is 0.377. The van der Waals surface area contributed by atoms with E-state index in [4.69, 9.17) is 0 Å². The normalized spacial score (nSPS) is 10.3. The fourth-order valence-electron chi connectivity index (χ4n) is 0.138. The predicted molar refractivity (Wildman–Crippen MR) is 38.5 cm³/mol. The van der Waals surface area contributed by atoms with Crippen molar-refractivity contribution < 1.29 is 0 Å². The van der Waals surface area contributed by atoms with Crippen molar-refractivity contribution in [3.05, 3.63) is 0 Å². The summed E-state index contributed by atoms with van der Waals surface area (Å²) in [4.78, 5) is 0. The topological polar surface area (TPSA) is 12.4 Å². The fourth-order valence-corrected chi connectivity index (χ4v) is 1.06. The largest absolute Gasteiger partial charge is 0.258 e. The van der Waals surface area contributed by atoms with Crippen molar-refractivity contribution in [3.63, 3.8) is 0 Å². The van der Waals surface area contributed by atoms with E-state index in [0.29, 0.717) is 0 Å². The summed E-state index contributed by atoms with van der Waals surface area (Å²) in [6, 6.07) is 1.14.